The molecule has 0 spiro atoms. The maximum atomic E-state index is 3.56. The average Bonchev–Trinajstić information content (AvgIpc) is 2.28. The standard InChI is InChI=1S/C14H24N.Li/c1-9-10(2)12(4)13(11(9)3)8-15-14(5,6)7;/h15H,8H2,1-7H3;/q-1;+1. The summed E-state index contributed by atoms with van der Waals surface area (Å²) in [5.41, 5.74) is 7.51. The maximum absolute atomic E-state index is 3.56. The van der Waals surface area contributed by atoms with E-state index in [1.54, 1.807) is 0 Å². The van der Waals surface area contributed by atoms with Crippen LogP contribution in [0.4, 0.5) is 0 Å². The molecular weight excluding hydrogens is 189 g/mol. The Bertz CT molecular complexity index is 330. The summed E-state index contributed by atoms with van der Waals surface area (Å²) in [6, 6.07) is 0. The van der Waals surface area contributed by atoms with Gasteiger partial charge in [0.2, 0.25) is 0 Å². The zero-order valence-corrected chi connectivity index (χ0v) is 12.2. The molecule has 0 unspecified atom stereocenters. The largest absolute Gasteiger partial charge is 1.00 e. The molecule has 1 aromatic rings. The van der Waals surface area contributed by atoms with Crippen molar-refractivity contribution < 1.29 is 18.9 Å². The van der Waals surface area contributed by atoms with Gasteiger partial charge < -0.3 is 5.32 Å². The molecule has 0 aliphatic carbocycles. The predicted molar refractivity (Wildman–Crippen MR) is 67.6 cm³/mol. The minimum absolute atomic E-state index is 0. The number of hydrogen-bond acceptors (Lipinski definition) is 1. The van der Waals surface area contributed by atoms with Gasteiger partial charge in [-0.3, -0.25) is 0 Å². The third kappa shape index (κ3) is 3.45. The van der Waals surface area contributed by atoms with Crippen LogP contribution in [0.2, 0.25) is 0 Å². The Hall–Kier alpha value is -0.0926. The Balaban J connectivity index is 0.00000225. The minimum atomic E-state index is 0. The van der Waals surface area contributed by atoms with Gasteiger partial charge in [-0.2, -0.15) is 22.3 Å². The van der Waals surface area contributed by atoms with Crippen molar-refractivity contribution in [2.75, 3.05) is 0 Å². The van der Waals surface area contributed by atoms with Crippen LogP contribution in [0.3, 0.4) is 0 Å². The van der Waals surface area contributed by atoms with Crippen LogP contribution in [0.1, 0.15) is 48.6 Å². The SMILES string of the molecule is Cc1c(C)c(C)[c-](CNC(C)(C)C)c1C.[Li+]. The first kappa shape index (κ1) is 15.9. The molecule has 0 aliphatic heterocycles. The fourth-order valence-corrected chi connectivity index (χ4v) is 1.92. The molecule has 0 atom stereocenters. The molecule has 0 fully saturated rings. The molecule has 1 nitrogen and oxygen atoms in total. The molecular formula is C14H24LiN. The molecule has 0 amide bonds. The molecule has 86 valence electrons. The van der Waals surface area contributed by atoms with Gasteiger partial charge >= 0.3 is 18.9 Å². The summed E-state index contributed by atoms with van der Waals surface area (Å²) < 4.78 is 0. The van der Waals surface area contributed by atoms with Crippen LogP contribution in [0.25, 0.3) is 0 Å². The van der Waals surface area contributed by atoms with Crippen LogP contribution in [-0.2, 0) is 6.54 Å². The van der Waals surface area contributed by atoms with Gasteiger partial charge in [0.1, 0.15) is 0 Å². The first-order chi connectivity index (χ1) is 6.74. The monoisotopic (exact) mass is 213 g/mol. The second-order valence-electron chi connectivity index (χ2n) is 5.58. The fourth-order valence-electron chi connectivity index (χ4n) is 1.92. The maximum Gasteiger partial charge on any atom is 1.00 e. The molecule has 0 aromatic heterocycles. The van der Waals surface area contributed by atoms with Gasteiger partial charge in [0.15, 0.2) is 0 Å². The molecule has 0 aliphatic rings. The summed E-state index contributed by atoms with van der Waals surface area (Å²) in [4.78, 5) is 0. The summed E-state index contributed by atoms with van der Waals surface area (Å²) in [7, 11) is 0. The zero-order valence-electron chi connectivity index (χ0n) is 12.2. The quantitative estimate of drug-likeness (QED) is 0.558. The Morgan fingerprint density at radius 1 is 0.938 bits per heavy atom. The molecule has 1 N–H and O–H groups in total. The molecule has 0 saturated heterocycles. The van der Waals surface area contributed by atoms with E-state index in [2.05, 4.69) is 53.8 Å². The van der Waals surface area contributed by atoms with Crippen molar-refractivity contribution >= 4 is 0 Å². The summed E-state index contributed by atoms with van der Waals surface area (Å²) in [5.74, 6) is 0. The summed E-state index contributed by atoms with van der Waals surface area (Å²) >= 11 is 0. The van der Waals surface area contributed by atoms with Crippen molar-refractivity contribution in [2.45, 2.75) is 60.5 Å². The van der Waals surface area contributed by atoms with Crippen molar-refractivity contribution in [1.29, 1.82) is 0 Å². The minimum Gasteiger partial charge on any atom is -0.319 e. The van der Waals surface area contributed by atoms with Gasteiger partial charge in [-0.1, -0.05) is 27.7 Å². The van der Waals surface area contributed by atoms with E-state index in [9.17, 15) is 0 Å². The van der Waals surface area contributed by atoms with E-state index < -0.39 is 0 Å². The van der Waals surface area contributed by atoms with Crippen LogP contribution < -0.4 is 24.2 Å². The van der Waals surface area contributed by atoms with Crippen molar-refractivity contribution in [3.8, 4) is 0 Å². The van der Waals surface area contributed by atoms with Gasteiger partial charge in [0.25, 0.3) is 0 Å². The van der Waals surface area contributed by atoms with Crippen LogP contribution in [0.15, 0.2) is 0 Å². The van der Waals surface area contributed by atoms with E-state index in [0.29, 0.717) is 0 Å². The summed E-state index contributed by atoms with van der Waals surface area (Å²) in [6.07, 6.45) is 0. The molecule has 1 aromatic carbocycles. The van der Waals surface area contributed by atoms with E-state index >= 15 is 0 Å². The number of hydrogen-bond donors (Lipinski definition) is 1. The Morgan fingerprint density at radius 3 is 1.62 bits per heavy atom. The molecule has 0 bridgehead atoms. The molecule has 0 heterocycles. The molecule has 2 heteroatoms. The van der Waals surface area contributed by atoms with Crippen LogP contribution in [0, 0.1) is 27.7 Å². The normalized spacial score (nSPS) is 11.4. The second kappa shape index (κ2) is 5.49. The van der Waals surface area contributed by atoms with Gasteiger partial charge in [0.05, 0.1) is 0 Å². The second-order valence-corrected chi connectivity index (χ2v) is 5.58. The number of nitrogens with one attached hydrogen (secondary N) is 1. The molecule has 0 saturated carbocycles. The van der Waals surface area contributed by atoms with E-state index in [0.717, 1.165) is 6.54 Å². The van der Waals surface area contributed by atoms with Crippen LogP contribution >= 0.6 is 0 Å². The number of rotatable bonds is 2. The average molecular weight is 213 g/mol. The van der Waals surface area contributed by atoms with Gasteiger partial charge in [0, 0.05) is 5.54 Å². The smallest absolute Gasteiger partial charge is 0.319 e. The molecule has 16 heavy (non-hydrogen) atoms. The van der Waals surface area contributed by atoms with Crippen molar-refractivity contribution in [3.05, 3.63) is 27.8 Å². The third-order valence-corrected chi connectivity index (χ3v) is 3.39. The first-order valence-corrected chi connectivity index (χ1v) is 5.71. The summed E-state index contributed by atoms with van der Waals surface area (Å²) in [5, 5.41) is 3.56. The third-order valence-electron chi connectivity index (χ3n) is 3.39. The van der Waals surface area contributed by atoms with Crippen molar-refractivity contribution in [3.63, 3.8) is 0 Å². The van der Waals surface area contributed by atoms with Crippen molar-refractivity contribution in [2.24, 2.45) is 0 Å². The van der Waals surface area contributed by atoms with E-state index in [-0.39, 0.29) is 24.4 Å². The Morgan fingerprint density at radius 2 is 1.31 bits per heavy atom. The van der Waals surface area contributed by atoms with E-state index in [1.807, 2.05) is 0 Å². The van der Waals surface area contributed by atoms with E-state index in [1.165, 1.54) is 27.8 Å². The first-order valence-electron chi connectivity index (χ1n) is 5.71. The summed E-state index contributed by atoms with van der Waals surface area (Å²) in [6.45, 7) is 16.5. The zero-order chi connectivity index (χ0) is 11.8. The predicted octanol–water partition coefficient (Wildman–Crippen LogP) is 0.531. The van der Waals surface area contributed by atoms with Crippen LogP contribution in [0.5, 0.6) is 0 Å². The molecule has 1 rings (SSSR count). The van der Waals surface area contributed by atoms with Gasteiger partial charge in [-0.05, 0) is 27.3 Å². The van der Waals surface area contributed by atoms with Gasteiger partial charge in [-0.15, -0.1) is 5.56 Å². The van der Waals surface area contributed by atoms with E-state index in [4.69, 9.17) is 0 Å². The molecule has 0 radical (unpaired) electrons. The van der Waals surface area contributed by atoms with Crippen molar-refractivity contribution in [1.82, 2.24) is 5.32 Å². The topological polar surface area (TPSA) is 12.0 Å². The fraction of sp³-hybridized carbons (Fsp3) is 0.643. The Labute approximate surface area is 113 Å². The van der Waals surface area contributed by atoms with Gasteiger partial charge in [-0.25, -0.2) is 0 Å². The van der Waals surface area contributed by atoms with Crippen LogP contribution in [-0.4, -0.2) is 5.54 Å². The Kier molecular flexibility index (Phi) is 5.46.